The predicted octanol–water partition coefficient (Wildman–Crippen LogP) is 4.13. The molecule has 2 fully saturated rings. The summed E-state index contributed by atoms with van der Waals surface area (Å²) in [4.78, 5) is 31.7. The zero-order valence-corrected chi connectivity index (χ0v) is 27.9. The van der Waals surface area contributed by atoms with Gasteiger partial charge in [-0.2, -0.15) is 23.1 Å². The van der Waals surface area contributed by atoms with Gasteiger partial charge >= 0.3 is 12.2 Å². The second kappa shape index (κ2) is 13.5. The summed E-state index contributed by atoms with van der Waals surface area (Å²) in [6, 6.07) is 1.55. The second-order valence-electron chi connectivity index (χ2n) is 13.1. The van der Waals surface area contributed by atoms with Gasteiger partial charge in [-0.05, 0) is 37.9 Å². The Morgan fingerprint density at radius 3 is 2.73 bits per heavy atom. The van der Waals surface area contributed by atoms with Crippen molar-refractivity contribution in [2.45, 2.75) is 62.7 Å². The number of alkyl halides is 4. The van der Waals surface area contributed by atoms with E-state index in [2.05, 4.69) is 14.9 Å². The molecular formula is C32H38ClF5N8O3. The molecule has 5 heterocycles. The molecule has 0 spiro atoms. The van der Waals surface area contributed by atoms with Crippen molar-refractivity contribution in [2.24, 2.45) is 10.7 Å². The number of hydrogen-bond donors (Lipinski definition) is 2. The third-order valence-electron chi connectivity index (χ3n) is 9.58. The van der Waals surface area contributed by atoms with E-state index in [4.69, 9.17) is 37.5 Å². The van der Waals surface area contributed by atoms with Crippen LogP contribution in [0.1, 0.15) is 54.2 Å². The Hall–Kier alpha value is -3.76. The summed E-state index contributed by atoms with van der Waals surface area (Å²) in [7, 11) is 3.08. The van der Waals surface area contributed by atoms with Gasteiger partial charge in [0.1, 0.15) is 24.3 Å². The van der Waals surface area contributed by atoms with E-state index in [9.17, 15) is 22.4 Å². The highest BCUT2D eigenvalue weighted by Gasteiger charge is 2.49. The van der Waals surface area contributed by atoms with Crippen LogP contribution in [0.15, 0.2) is 27.9 Å². The van der Waals surface area contributed by atoms with Crippen LogP contribution in [0.2, 0.25) is 0 Å². The first-order chi connectivity index (χ1) is 23.2. The van der Waals surface area contributed by atoms with E-state index in [1.165, 1.54) is 4.90 Å². The number of aliphatic imine (C=N–C) groups is 1. The standard InChI is InChI=1S/C32H38ClF5N8O3/c1-44(2)29(47)27(40)25(33)22-14-45(9-4-8-41-22)28-18-15-48-23(24-19(32(36,37)38)5-6-20(39)26(24)35)11-21(18)42-30(43-28)49-16-31-7-3-10-46(31)13-17(34)12-31/h5-6,17,23H,3-4,7-16,39-40H2,1-2H3/b27-25+/t17-,23+,31+/m1/s1. The highest BCUT2D eigenvalue weighted by molar-refractivity contribution is 6.45. The van der Waals surface area contributed by atoms with Crippen LogP contribution in [0.3, 0.4) is 0 Å². The van der Waals surface area contributed by atoms with E-state index >= 15 is 4.39 Å². The maximum absolute atomic E-state index is 15.3. The Labute approximate surface area is 285 Å². The third-order valence-corrected chi connectivity index (χ3v) is 10.0. The van der Waals surface area contributed by atoms with Crippen LogP contribution in [0, 0.1) is 5.82 Å². The fraction of sp³-hybridized carbons (Fsp3) is 0.562. The number of amides is 1. The highest BCUT2D eigenvalue weighted by Crippen LogP contribution is 2.44. The Bertz CT molecular complexity index is 1690. The summed E-state index contributed by atoms with van der Waals surface area (Å²) in [6.45, 7) is 1.79. The van der Waals surface area contributed by atoms with Gasteiger partial charge < -0.3 is 30.7 Å². The van der Waals surface area contributed by atoms with E-state index in [0.29, 0.717) is 55.3 Å². The number of nitrogen functional groups attached to an aromatic ring is 1. The van der Waals surface area contributed by atoms with Crippen molar-refractivity contribution in [3.63, 3.8) is 0 Å². The number of hydrogen-bond acceptors (Lipinski definition) is 10. The molecule has 11 nitrogen and oxygen atoms in total. The molecule has 1 aromatic heterocycles. The van der Waals surface area contributed by atoms with Crippen molar-refractivity contribution in [1.82, 2.24) is 19.8 Å². The van der Waals surface area contributed by atoms with Gasteiger partial charge in [0.25, 0.3) is 5.91 Å². The van der Waals surface area contributed by atoms with Crippen molar-refractivity contribution in [3.05, 3.63) is 51.1 Å². The smallest absolute Gasteiger partial charge is 0.416 e. The van der Waals surface area contributed by atoms with E-state index < -0.39 is 52.5 Å². The molecule has 49 heavy (non-hydrogen) atoms. The number of fused-ring (bicyclic) bond motifs is 2. The molecule has 4 aliphatic heterocycles. The summed E-state index contributed by atoms with van der Waals surface area (Å²) in [5.41, 5.74) is 9.85. The van der Waals surface area contributed by atoms with Crippen molar-refractivity contribution in [1.29, 1.82) is 0 Å². The average Bonchev–Trinajstić information content (AvgIpc) is 3.46. The number of halogens is 6. The molecule has 17 heteroatoms. The number of carbonyl (C=O) groups excluding carboxylic acids is 1. The highest BCUT2D eigenvalue weighted by atomic mass is 35.5. The number of anilines is 2. The lowest BCUT2D eigenvalue weighted by molar-refractivity contribution is -0.140. The summed E-state index contributed by atoms with van der Waals surface area (Å²) >= 11 is 6.59. The summed E-state index contributed by atoms with van der Waals surface area (Å²) in [6.07, 6.45) is -4.98. The minimum Gasteiger partial charge on any atom is -0.461 e. The molecule has 0 unspecified atom stereocenters. The number of likely N-dealkylation sites (N-methyl/N-ethyl adjacent to an activating group) is 1. The number of nitrogens with two attached hydrogens (primary N) is 2. The SMILES string of the molecule is CN(C)C(=O)/C(N)=C(\Cl)C1=NCCCN(c2nc(OC[C@@]34CCCN3C[C@H](F)C4)nc3c2CO[C@H](c2c(C(F)(F)F)ccc(N)c2F)C3)C1. The van der Waals surface area contributed by atoms with Gasteiger partial charge in [-0.1, -0.05) is 11.6 Å². The van der Waals surface area contributed by atoms with Crippen LogP contribution in [0.25, 0.3) is 0 Å². The van der Waals surface area contributed by atoms with Gasteiger partial charge in [0.2, 0.25) is 0 Å². The molecule has 6 rings (SSSR count). The van der Waals surface area contributed by atoms with Gasteiger partial charge in [0, 0.05) is 57.7 Å². The molecular weight excluding hydrogens is 675 g/mol. The van der Waals surface area contributed by atoms with Gasteiger partial charge in [0.05, 0.1) is 52.5 Å². The molecule has 4 aliphatic rings. The maximum atomic E-state index is 15.3. The van der Waals surface area contributed by atoms with E-state index in [1.54, 1.807) is 14.1 Å². The molecule has 0 aliphatic carbocycles. The lowest BCUT2D eigenvalue weighted by Gasteiger charge is -2.33. The topological polar surface area (TPSA) is 135 Å². The zero-order valence-electron chi connectivity index (χ0n) is 27.1. The maximum Gasteiger partial charge on any atom is 0.416 e. The lowest BCUT2D eigenvalue weighted by Crippen LogP contribution is -2.43. The largest absolute Gasteiger partial charge is 0.461 e. The number of carbonyl (C=O) groups is 1. The molecule has 1 amide bonds. The molecule has 1 aromatic carbocycles. The quantitative estimate of drug-likeness (QED) is 0.247. The third kappa shape index (κ3) is 6.86. The summed E-state index contributed by atoms with van der Waals surface area (Å²) in [5.74, 6) is -1.35. The van der Waals surface area contributed by atoms with E-state index in [1.807, 2.05) is 4.90 Å². The number of nitrogens with zero attached hydrogens (tertiary/aromatic N) is 6. The van der Waals surface area contributed by atoms with Crippen LogP contribution in [-0.2, 0) is 28.7 Å². The van der Waals surface area contributed by atoms with Crippen LogP contribution in [0.4, 0.5) is 33.5 Å². The monoisotopic (exact) mass is 712 g/mol. The van der Waals surface area contributed by atoms with Crippen molar-refractivity contribution >= 4 is 34.7 Å². The zero-order chi connectivity index (χ0) is 35.2. The molecule has 0 radical (unpaired) electrons. The molecule has 3 atom stereocenters. The number of ether oxygens (including phenoxy) is 2. The second-order valence-corrected chi connectivity index (χ2v) is 13.5. The van der Waals surface area contributed by atoms with E-state index in [0.717, 1.165) is 31.5 Å². The molecule has 0 bridgehead atoms. The van der Waals surface area contributed by atoms with Crippen molar-refractivity contribution in [2.75, 3.05) is 64.1 Å². The molecule has 2 aromatic rings. The first-order valence-corrected chi connectivity index (χ1v) is 16.4. The number of aromatic nitrogens is 2. The Morgan fingerprint density at radius 2 is 2.00 bits per heavy atom. The minimum atomic E-state index is -4.87. The molecule has 266 valence electrons. The van der Waals surface area contributed by atoms with Gasteiger partial charge in [-0.15, -0.1) is 0 Å². The van der Waals surface area contributed by atoms with Crippen molar-refractivity contribution in [3.8, 4) is 6.01 Å². The van der Waals surface area contributed by atoms with E-state index in [-0.39, 0.29) is 42.9 Å². The Balaban J connectivity index is 1.38. The van der Waals surface area contributed by atoms with Crippen LogP contribution < -0.4 is 21.1 Å². The molecule has 0 saturated carbocycles. The van der Waals surface area contributed by atoms with Crippen molar-refractivity contribution < 1.29 is 36.2 Å². The predicted molar refractivity (Wildman–Crippen MR) is 173 cm³/mol. The van der Waals surface area contributed by atoms with Crippen LogP contribution in [-0.4, -0.2) is 96.5 Å². The summed E-state index contributed by atoms with van der Waals surface area (Å²) in [5, 5.41) is -0.0134. The van der Waals surface area contributed by atoms with Crippen LogP contribution >= 0.6 is 11.6 Å². The Kier molecular flexibility index (Phi) is 9.67. The van der Waals surface area contributed by atoms with Crippen LogP contribution in [0.5, 0.6) is 6.01 Å². The van der Waals surface area contributed by atoms with Gasteiger partial charge in [-0.3, -0.25) is 14.7 Å². The first kappa shape index (κ1) is 35.1. The molecule has 2 saturated heterocycles. The normalized spacial score (nSPS) is 24.9. The minimum absolute atomic E-state index is 0.0134. The summed E-state index contributed by atoms with van der Waals surface area (Å²) < 4.78 is 84.1. The fourth-order valence-corrected chi connectivity index (χ4v) is 7.36. The first-order valence-electron chi connectivity index (χ1n) is 16.0. The van der Waals surface area contributed by atoms with Gasteiger partial charge in [0.15, 0.2) is 5.82 Å². The molecule has 4 N–H and O–H groups in total. The number of benzene rings is 1. The Morgan fingerprint density at radius 1 is 1.22 bits per heavy atom. The number of rotatable bonds is 7. The van der Waals surface area contributed by atoms with Gasteiger partial charge in [-0.25, -0.2) is 8.78 Å². The average molecular weight is 713 g/mol. The lowest BCUT2D eigenvalue weighted by atomic mass is 9.93. The fourth-order valence-electron chi connectivity index (χ4n) is 7.16.